The summed E-state index contributed by atoms with van der Waals surface area (Å²) >= 11 is 0. The van der Waals surface area contributed by atoms with Crippen LogP contribution in [0.4, 0.5) is 0 Å². The zero-order valence-corrected chi connectivity index (χ0v) is 14.4. The van der Waals surface area contributed by atoms with Gasteiger partial charge in [-0.15, -0.1) is 0 Å². The van der Waals surface area contributed by atoms with E-state index >= 15 is 0 Å². The van der Waals surface area contributed by atoms with E-state index < -0.39 is 0 Å². The number of hydrogen-bond donors (Lipinski definition) is 2. The van der Waals surface area contributed by atoms with E-state index in [1.807, 2.05) is 36.4 Å². The number of nitrogens with one attached hydrogen (secondary N) is 1. The van der Waals surface area contributed by atoms with Crippen molar-refractivity contribution in [2.45, 2.75) is 12.8 Å². The summed E-state index contributed by atoms with van der Waals surface area (Å²) in [6, 6.07) is 11.5. The van der Waals surface area contributed by atoms with Crippen molar-refractivity contribution in [2.75, 3.05) is 26.7 Å². The van der Waals surface area contributed by atoms with Gasteiger partial charge in [-0.1, -0.05) is 12.1 Å². The molecule has 2 heterocycles. The van der Waals surface area contributed by atoms with Gasteiger partial charge in [-0.3, -0.25) is 14.8 Å². The van der Waals surface area contributed by atoms with E-state index in [1.165, 1.54) is 0 Å². The third-order valence-corrected chi connectivity index (χ3v) is 3.65. The minimum Gasteiger partial charge on any atom is -0.370 e. The molecule has 2 aromatic rings. The number of nitrogens with two attached hydrogens (primary N) is 1. The lowest BCUT2D eigenvalue weighted by atomic mass is 10.2. The Labute approximate surface area is 148 Å². The molecular weight excluding hydrogens is 316 g/mol. The molecule has 2 aromatic heterocycles. The van der Waals surface area contributed by atoms with Crippen LogP contribution in [0.15, 0.2) is 53.8 Å². The number of pyridine rings is 2. The van der Waals surface area contributed by atoms with Crippen molar-refractivity contribution in [3.8, 4) is 0 Å². The number of aromatic nitrogens is 2. The molecule has 0 spiro atoms. The molecule has 7 nitrogen and oxygen atoms in total. The lowest BCUT2D eigenvalue weighted by Gasteiger charge is -2.16. The van der Waals surface area contributed by atoms with E-state index in [0.29, 0.717) is 19.5 Å². The number of aliphatic imine (C=N–C) groups is 1. The van der Waals surface area contributed by atoms with E-state index in [4.69, 9.17) is 5.73 Å². The molecule has 0 unspecified atom stereocenters. The molecule has 0 aliphatic rings. The molecule has 0 aliphatic heterocycles. The van der Waals surface area contributed by atoms with Crippen LogP contribution in [-0.4, -0.2) is 53.4 Å². The molecule has 25 heavy (non-hydrogen) atoms. The van der Waals surface area contributed by atoms with Gasteiger partial charge in [0.05, 0.1) is 0 Å². The molecule has 0 atom stereocenters. The first-order chi connectivity index (χ1) is 12.1. The first kappa shape index (κ1) is 18.4. The quantitative estimate of drug-likeness (QED) is 0.542. The Morgan fingerprint density at radius 3 is 2.36 bits per heavy atom. The van der Waals surface area contributed by atoms with Gasteiger partial charge >= 0.3 is 0 Å². The highest BCUT2D eigenvalue weighted by molar-refractivity contribution is 5.83. The van der Waals surface area contributed by atoms with Gasteiger partial charge < -0.3 is 16.0 Å². The van der Waals surface area contributed by atoms with Crippen LogP contribution in [0, 0.1) is 0 Å². The average Bonchev–Trinajstić information content (AvgIpc) is 2.66. The molecule has 3 N–H and O–H groups in total. The predicted molar refractivity (Wildman–Crippen MR) is 98.0 cm³/mol. The molecule has 0 bridgehead atoms. The number of likely N-dealkylation sites (N-methyl/N-ethyl adjacent to an activating group) is 1. The first-order valence-corrected chi connectivity index (χ1v) is 8.22. The van der Waals surface area contributed by atoms with Crippen LogP contribution in [0.3, 0.4) is 0 Å². The second kappa shape index (κ2) is 10.0. The van der Waals surface area contributed by atoms with Gasteiger partial charge in [0.25, 0.3) is 0 Å². The summed E-state index contributed by atoms with van der Waals surface area (Å²) in [5.41, 5.74) is 7.73. The summed E-state index contributed by atoms with van der Waals surface area (Å²) in [7, 11) is 1.76. The second-order valence-electron chi connectivity index (χ2n) is 5.59. The van der Waals surface area contributed by atoms with Crippen molar-refractivity contribution < 1.29 is 4.79 Å². The normalized spacial score (nSPS) is 11.2. The topological polar surface area (TPSA) is 96.5 Å². The van der Waals surface area contributed by atoms with Crippen LogP contribution in [0.5, 0.6) is 0 Å². The summed E-state index contributed by atoms with van der Waals surface area (Å²) < 4.78 is 0. The van der Waals surface area contributed by atoms with Gasteiger partial charge in [0, 0.05) is 56.8 Å². The Hall–Kier alpha value is -2.96. The van der Waals surface area contributed by atoms with Crippen LogP contribution in [0.25, 0.3) is 0 Å². The summed E-state index contributed by atoms with van der Waals surface area (Å²) in [6.07, 6.45) is 4.96. The maximum Gasteiger partial charge on any atom is 0.244 e. The fourth-order valence-electron chi connectivity index (χ4n) is 2.15. The Bertz CT molecular complexity index is 674. The molecule has 132 valence electrons. The predicted octanol–water partition coefficient (Wildman–Crippen LogP) is 0.625. The molecule has 0 saturated heterocycles. The first-order valence-electron chi connectivity index (χ1n) is 8.22. The maximum absolute atomic E-state index is 12.1. The molecular formula is C18H24N6O. The molecule has 2 rings (SSSR count). The molecule has 7 heteroatoms. The van der Waals surface area contributed by atoms with Crippen LogP contribution in [0.2, 0.25) is 0 Å². The Balaban J connectivity index is 1.67. The number of carbonyl (C=O) groups is 1. The van der Waals surface area contributed by atoms with Gasteiger partial charge in [0.1, 0.15) is 6.54 Å². The van der Waals surface area contributed by atoms with Crippen LogP contribution in [0.1, 0.15) is 11.4 Å². The van der Waals surface area contributed by atoms with Gasteiger partial charge in [0.2, 0.25) is 5.91 Å². The highest BCUT2D eigenvalue weighted by atomic mass is 16.2. The Morgan fingerprint density at radius 1 is 1.12 bits per heavy atom. The number of rotatable bonds is 8. The highest BCUT2D eigenvalue weighted by Crippen LogP contribution is 1.97. The number of nitrogens with zero attached hydrogens (tertiary/aromatic N) is 4. The summed E-state index contributed by atoms with van der Waals surface area (Å²) in [5, 5.41) is 2.99. The zero-order valence-electron chi connectivity index (χ0n) is 14.4. The lowest BCUT2D eigenvalue weighted by Crippen LogP contribution is -2.36. The second-order valence-corrected chi connectivity index (χ2v) is 5.59. The molecule has 0 saturated carbocycles. The van der Waals surface area contributed by atoms with E-state index in [0.717, 1.165) is 17.8 Å². The summed E-state index contributed by atoms with van der Waals surface area (Å²) in [5.74, 6) is 0.188. The highest BCUT2D eigenvalue weighted by Gasteiger charge is 2.08. The fourth-order valence-corrected chi connectivity index (χ4v) is 2.15. The maximum atomic E-state index is 12.1. The molecule has 0 radical (unpaired) electrons. The monoisotopic (exact) mass is 340 g/mol. The molecule has 0 aliphatic carbocycles. The van der Waals surface area contributed by atoms with Crippen molar-refractivity contribution >= 4 is 11.9 Å². The zero-order chi connectivity index (χ0) is 17.9. The minimum absolute atomic E-state index is 0.0289. The number of amides is 1. The third kappa shape index (κ3) is 6.99. The van der Waals surface area contributed by atoms with Gasteiger partial charge in [-0.2, -0.15) is 0 Å². The van der Waals surface area contributed by atoms with Gasteiger partial charge in [-0.25, -0.2) is 4.99 Å². The SMILES string of the molecule is CN(CCc1ccccn1)C(=O)CN=C(N)NCCc1ccccn1. The van der Waals surface area contributed by atoms with Crippen LogP contribution in [-0.2, 0) is 17.6 Å². The van der Waals surface area contributed by atoms with E-state index in [2.05, 4.69) is 20.3 Å². The Kier molecular flexibility index (Phi) is 7.37. The molecule has 0 aromatic carbocycles. The Morgan fingerprint density at radius 2 is 1.76 bits per heavy atom. The van der Waals surface area contributed by atoms with E-state index in [-0.39, 0.29) is 18.4 Å². The van der Waals surface area contributed by atoms with E-state index in [9.17, 15) is 4.79 Å². The van der Waals surface area contributed by atoms with Gasteiger partial charge in [0.15, 0.2) is 5.96 Å². The smallest absolute Gasteiger partial charge is 0.244 e. The van der Waals surface area contributed by atoms with E-state index in [1.54, 1.807) is 24.3 Å². The number of guanidine groups is 1. The summed E-state index contributed by atoms with van der Waals surface area (Å²) in [4.78, 5) is 26.3. The van der Waals surface area contributed by atoms with Crippen LogP contribution < -0.4 is 11.1 Å². The van der Waals surface area contributed by atoms with Crippen molar-refractivity contribution in [1.82, 2.24) is 20.2 Å². The average molecular weight is 340 g/mol. The largest absolute Gasteiger partial charge is 0.370 e. The molecule has 1 amide bonds. The van der Waals surface area contributed by atoms with Crippen molar-refractivity contribution in [3.05, 3.63) is 60.2 Å². The third-order valence-electron chi connectivity index (χ3n) is 3.65. The minimum atomic E-state index is -0.0783. The lowest BCUT2D eigenvalue weighted by molar-refractivity contribution is -0.128. The van der Waals surface area contributed by atoms with Crippen molar-refractivity contribution in [3.63, 3.8) is 0 Å². The van der Waals surface area contributed by atoms with Crippen molar-refractivity contribution in [1.29, 1.82) is 0 Å². The van der Waals surface area contributed by atoms with Crippen molar-refractivity contribution in [2.24, 2.45) is 10.7 Å². The molecule has 0 fully saturated rings. The fraction of sp³-hybridized carbons (Fsp3) is 0.333. The number of hydrogen-bond acceptors (Lipinski definition) is 4. The van der Waals surface area contributed by atoms with Gasteiger partial charge in [-0.05, 0) is 24.3 Å². The summed E-state index contributed by atoms with van der Waals surface area (Å²) in [6.45, 7) is 1.25. The number of carbonyl (C=O) groups excluding carboxylic acids is 1. The van der Waals surface area contributed by atoms with Crippen LogP contribution >= 0.6 is 0 Å². The standard InChI is InChI=1S/C18H24N6O/c1-24(13-9-16-7-3-5-11-21-16)17(25)14-23-18(19)22-12-8-15-6-2-4-10-20-15/h2-7,10-11H,8-9,12-14H2,1H3,(H3,19,22,23).